The molecule has 0 heterocycles. The molecule has 0 aliphatic heterocycles. The van der Waals surface area contributed by atoms with Gasteiger partial charge >= 0.3 is 0 Å². The SMILES string of the molecule is CCOc1cc(CNCCc2ccc(OC)c(OC)c2)cc(Cl)c1OCc1ccccc1Cl.Cl. The van der Waals surface area contributed by atoms with Gasteiger partial charge in [-0.3, -0.25) is 0 Å². The van der Waals surface area contributed by atoms with Crippen LogP contribution in [0.1, 0.15) is 23.6 Å². The van der Waals surface area contributed by atoms with Crippen LogP contribution >= 0.6 is 35.6 Å². The average Bonchev–Trinajstić information content (AvgIpc) is 2.82. The molecule has 0 saturated heterocycles. The second kappa shape index (κ2) is 14.2. The third-order valence-corrected chi connectivity index (χ3v) is 5.72. The van der Waals surface area contributed by atoms with E-state index in [0.717, 1.165) is 41.2 Å². The Hall–Kier alpha value is -2.31. The first-order chi connectivity index (χ1) is 16.0. The summed E-state index contributed by atoms with van der Waals surface area (Å²) in [4.78, 5) is 0. The predicted octanol–water partition coefficient (Wildman–Crippen LogP) is 6.74. The summed E-state index contributed by atoms with van der Waals surface area (Å²) < 4.78 is 22.5. The lowest BCUT2D eigenvalue weighted by atomic mass is 10.1. The van der Waals surface area contributed by atoms with Crippen LogP contribution in [-0.2, 0) is 19.6 Å². The van der Waals surface area contributed by atoms with Gasteiger partial charge in [0.15, 0.2) is 23.0 Å². The second-order valence-corrected chi connectivity index (χ2v) is 8.15. The number of halogens is 3. The van der Waals surface area contributed by atoms with E-state index >= 15 is 0 Å². The van der Waals surface area contributed by atoms with Gasteiger partial charge in [0.1, 0.15) is 6.61 Å². The normalized spacial score (nSPS) is 10.4. The van der Waals surface area contributed by atoms with Gasteiger partial charge in [-0.1, -0.05) is 47.5 Å². The highest BCUT2D eigenvalue weighted by Crippen LogP contribution is 2.37. The van der Waals surface area contributed by atoms with Crippen molar-refractivity contribution in [2.75, 3.05) is 27.4 Å². The fourth-order valence-electron chi connectivity index (χ4n) is 3.39. The Labute approximate surface area is 217 Å². The minimum Gasteiger partial charge on any atom is -0.493 e. The Balaban J connectivity index is 0.00000408. The predicted molar refractivity (Wildman–Crippen MR) is 141 cm³/mol. The maximum absolute atomic E-state index is 6.56. The van der Waals surface area contributed by atoms with Crippen molar-refractivity contribution in [3.63, 3.8) is 0 Å². The third-order valence-electron chi connectivity index (χ3n) is 5.07. The molecule has 0 aliphatic rings. The summed E-state index contributed by atoms with van der Waals surface area (Å²) in [6.45, 7) is 4.19. The zero-order valence-corrected chi connectivity index (χ0v) is 21.9. The third kappa shape index (κ3) is 7.60. The van der Waals surface area contributed by atoms with Crippen molar-refractivity contribution in [2.24, 2.45) is 0 Å². The van der Waals surface area contributed by atoms with Gasteiger partial charge in [0, 0.05) is 17.1 Å². The molecule has 3 aromatic carbocycles. The van der Waals surface area contributed by atoms with E-state index < -0.39 is 0 Å². The quantitative estimate of drug-likeness (QED) is 0.265. The molecule has 0 saturated carbocycles. The van der Waals surface area contributed by atoms with Crippen molar-refractivity contribution in [1.29, 1.82) is 0 Å². The lowest BCUT2D eigenvalue weighted by molar-refractivity contribution is 0.269. The minimum absolute atomic E-state index is 0. The number of hydrogen-bond acceptors (Lipinski definition) is 5. The van der Waals surface area contributed by atoms with E-state index in [1.54, 1.807) is 14.2 Å². The largest absolute Gasteiger partial charge is 0.493 e. The molecule has 1 N–H and O–H groups in total. The Bertz CT molecular complexity index is 1060. The molecule has 0 atom stereocenters. The maximum Gasteiger partial charge on any atom is 0.180 e. The van der Waals surface area contributed by atoms with Gasteiger partial charge in [-0.05, 0) is 61.3 Å². The van der Waals surface area contributed by atoms with Crippen LogP contribution in [0.3, 0.4) is 0 Å². The van der Waals surface area contributed by atoms with E-state index in [-0.39, 0.29) is 12.4 Å². The van der Waals surface area contributed by atoms with Crippen molar-refractivity contribution < 1.29 is 18.9 Å². The van der Waals surface area contributed by atoms with Gasteiger partial charge in [0.2, 0.25) is 0 Å². The number of methoxy groups -OCH3 is 2. The summed E-state index contributed by atoms with van der Waals surface area (Å²) in [6, 6.07) is 17.4. The van der Waals surface area contributed by atoms with Crippen LogP contribution in [0.4, 0.5) is 0 Å². The summed E-state index contributed by atoms with van der Waals surface area (Å²) in [5.41, 5.74) is 3.07. The molecule has 0 amide bonds. The van der Waals surface area contributed by atoms with Crippen LogP contribution in [0.25, 0.3) is 0 Å². The van der Waals surface area contributed by atoms with Crippen LogP contribution in [0.15, 0.2) is 54.6 Å². The Morgan fingerprint density at radius 2 is 1.53 bits per heavy atom. The highest BCUT2D eigenvalue weighted by molar-refractivity contribution is 6.32. The van der Waals surface area contributed by atoms with E-state index in [9.17, 15) is 0 Å². The van der Waals surface area contributed by atoms with Gasteiger partial charge < -0.3 is 24.3 Å². The molecule has 0 aliphatic carbocycles. The fraction of sp³-hybridized carbons (Fsp3) is 0.308. The molecule has 0 bridgehead atoms. The zero-order valence-electron chi connectivity index (χ0n) is 19.5. The summed E-state index contributed by atoms with van der Waals surface area (Å²) in [6.07, 6.45) is 0.853. The highest BCUT2D eigenvalue weighted by Gasteiger charge is 2.14. The lowest BCUT2D eigenvalue weighted by Gasteiger charge is -2.16. The van der Waals surface area contributed by atoms with E-state index in [1.165, 1.54) is 0 Å². The van der Waals surface area contributed by atoms with Crippen LogP contribution in [0, 0.1) is 0 Å². The van der Waals surface area contributed by atoms with Gasteiger partial charge in [-0.15, -0.1) is 12.4 Å². The van der Waals surface area contributed by atoms with Gasteiger partial charge in [0.05, 0.1) is 25.8 Å². The van der Waals surface area contributed by atoms with Crippen molar-refractivity contribution in [3.8, 4) is 23.0 Å². The van der Waals surface area contributed by atoms with Crippen molar-refractivity contribution in [2.45, 2.75) is 26.5 Å². The van der Waals surface area contributed by atoms with E-state index in [1.807, 2.05) is 61.5 Å². The van der Waals surface area contributed by atoms with Crippen LogP contribution in [0.2, 0.25) is 10.0 Å². The van der Waals surface area contributed by atoms with Crippen LogP contribution in [-0.4, -0.2) is 27.4 Å². The van der Waals surface area contributed by atoms with Crippen LogP contribution in [0.5, 0.6) is 23.0 Å². The average molecular weight is 527 g/mol. The topological polar surface area (TPSA) is 49.0 Å². The molecular formula is C26H30Cl3NO4. The Morgan fingerprint density at radius 3 is 2.24 bits per heavy atom. The summed E-state index contributed by atoms with van der Waals surface area (Å²) >= 11 is 12.8. The Morgan fingerprint density at radius 1 is 0.794 bits per heavy atom. The first kappa shape index (κ1) is 27.9. The standard InChI is InChI=1S/C26H29Cl2NO4.ClH/c1-4-32-25-15-19(13-22(28)26(25)33-17-20-7-5-6-8-21(20)27)16-29-12-11-18-9-10-23(30-2)24(14-18)31-3;/h5-10,13-15,29H,4,11-12,16-17H2,1-3H3;1H. The molecule has 0 spiro atoms. The Kier molecular flexibility index (Phi) is 11.6. The molecule has 0 aromatic heterocycles. The van der Waals surface area contributed by atoms with Gasteiger partial charge in [0.25, 0.3) is 0 Å². The van der Waals surface area contributed by atoms with E-state index in [2.05, 4.69) is 5.32 Å². The smallest absolute Gasteiger partial charge is 0.180 e. The number of nitrogens with one attached hydrogen (secondary N) is 1. The minimum atomic E-state index is 0. The number of benzene rings is 3. The van der Waals surface area contributed by atoms with Crippen molar-refractivity contribution >= 4 is 35.6 Å². The molecule has 0 unspecified atom stereocenters. The van der Waals surface area contributed by atoms with E-state index in [0.29, 0.717) is 41.3 Å². The van der Waals surface area contributed by atoms with Crippen LogP contribution < -0.4 is 24.3 Å². The maximum atomic E-state index is 6.56. The summed E-state index contributed by atoms with van der Waals surface area (Å²) in [5, 5.41) is 4.61. The van der Waals surface area contributed by atoms with Gasteiger partial charge in [-0.2, -0.15) is 0 Å². The van der Waals surface area contributed by atoms with E-state index in [4.69, 9.17) is 42.1 Å². The highest BCUT2D eigenvalue weighted by atomic mass is 35.5. The molecule has 8 heteroatoms. The monoisotopic (exact) mass is 525 g/mol. The molecule has 0 fully saturated rings. The van der Waals surface area contributed by atoms with Gasteiger partial charge in [-0.25, -0.2) is 0 Å². The van der Waals surface area contributed by atoms with Crippen molar-refractivity contribution in [3.05, 3.63) is 81.3 Å². The molecule has 5 nitrogen and oxygen atoms in total. The number of rotatable bonds is 12. The fourth-order valence-corrected chi connectivity index (χ4v) is 3.87. The summed E-state index contributed by atoms with van der Waals surface area (Å²) in [7, 11) is 3.27. The second-order valence-electron chi connectivity index (χ2n) is 7.33. The first-order valence-corrected chi connectivity index (χ1v) is 11.5. The first-order valence-electron chi connectivity index (χ1n) is 10.8. The lowest BCUT2D eigenvalue weighted by Crippen LogP contribution is -2.17. The molecular weight excluding hydrogens is 497 g/mol. The molecule has 3 aromatic rings. The summed E-state index contributed by atoms with van der Waals surface area (Å²) in [5.74, 6) is 2.60. The molecule has 184 valence electrons. The zero-order chi connectivity index (χ0) is 23.6. The number of hydrogen-bond donors (Lipinski definition) is 1. The number of ether oxygens (including phenoxy) is 4. The van der Waals surface area contributed by atoms with Crippen molar-refractivity contribution in [1.82, 2.24) is 5.32 Å². The molecule has 34 heavy (non-hydrogen) atoms. The molecule has 0 radical (unpaired) electrons. The molecule has 3 rings (SSSR count).